The zero-order chi connectivity index (χ0) is 28.4. The van der Waals surface area contributed by atoms with E-state index in [0.29, 0.717) is 30.0 Å². The average molecular weight is 541 g/mol. The normalized spacial score (nSPS) is 13.8. The van der Waals surface area contributed by atoms with E-state index in [2.05, 4.69) is 20.6 Å². The first kappa shape index (κ1) is 26.6. The minimum absolute atomic E-state index is 0.0415. The van der Waals surface area contributed by atoms with E-state index >= 15 is 0 Å². The predicted molar refractivity (Wildman–Crippen MR) is 156 cm³/mol. The Morgan fingerprint density at radius 3 is 2.58 bits per heavy atom. The first-order chi connectivity index (χ1) is 19.3. The zero-order valence-corrected chi connectivity index (χ0v) is 22.4. The number of nitrogens with zero attached hydrogens (tertiary/aromatic N) is 4. The Bertz CT molecular complexity index is 1750. The number of aryl methyl sites for hydroxylation is 1. The highest BCUT2D eigenvalue weighted by molar-refractivity contribution is 6.10. The molecule has 2 aromatic carbocycles. The molecule has 1 saturated carbocycles. The van der Waals surface area contributed by atoms with Crippen molar-refractivity contribution in [1.82, 2.24) is 14.1 Å². The first-order valence-electron chi connectivity index (χ1n) is 12.8. The second-order valence-corrected chi connectivity index (χ2v) is 9.63. The van der Waals surface area contributed by atoms with Crippen LogP contribution in [0.25, 0.3) is 11.3 Å². The summed E-state index contributed by atoms with van der Waals surface area (Å²) in [6.07, 6.45) is 3.87. The fourth-order valence-electron chi connectivity index (χ4n) is 4.55. The Balaban J connectivity index is 1.75. The second kappa shape index (κ2) is 11.0. The van der Waals surface area contributed by atoms with Crippen molar-refractivity contribution in [3.63, 3.8) is 0 Å². The van der Waals surface area contributed by atoms with Gasteiger partial charge in [-0.1, -0.05) is 18.2 Å². The van der Waals surface area contributed by atoms with Crippen molar-refractivity contribution in [2.24, 2.45) is 4.99 Å². The van der Waals surface area contributed by atoms with Crippen molar-refractivity contribution in [3.8, 4) is 5.69 Å². The lowest BCUT2D eigenvalue weighted by molar-refractivity contribution is 0.474. The summed E-state index contributed by atoms with van der Waals surface area (Å²) in [4.78, 5) is 36.5. The Labute approximate surface area is 230 Å². The van der Waals surface area contributed by atoms with Gasteiger partial charge >= 0.3 is 5.69 Å². The van der Waals surface area contributed by atoms with Crippen LogP contribution in [0.2, 0.25) is 0 Å². The fraction of sp³-hybridized carbons (Fsp3) is 0.200. The molecule has 2 heterocycles. The number of allylic oxidation sites excluding steroid dienone is 1. The molecule has 0 spiro atoms. The molecule has 3 N–H and O–H groups in total. The summed E-state index contributed by atoms with van der Waals surface area (Å²) in [6.45, 7) is 3.36. The SMILES string of the molecule is CN=C(Nc1ccc(C)cc1F)c1c(/C(C)=C/O)n(-c2cccc(Nc3ccccn3)c2)c(=O)n(C2CC2)c1=O. The fourth-order valence-corrected chi connectivity index (χ4v) is 4.55. The van der Waals surface area contributed by atoms with Crippen LogP contribution in [0, 0.1) is 12.7 Å². The maximum atomic E-state index is 14.8. The highest BCUT2D eigenvalue weighted by Crippen LogP contribution is 2.33. The third-order valence-corrected chi connectivity index (χ3v) is 6.65. The molecular formula is C30H29FN6O3. The molecule has 0 amide bonds. The summed E-state index contributed by atoms with van der Waals surface area (Å²) < 4.78 is 17.4. The minimum Gasteiger partial charge on any atom is -0.515 e. The highest BCUT2D eigenvalue weighted by atomic mass is 19.1. The van der Waals surface area contributed by atoms with E-state index in [4.69, 9.17) is 0 Å². The zero-order valence-electron chi connectivity index (χ0n) is 22.4. The number of hydrogen-bond donors (Lipinski definition) is 3. The van der Waals surface area contributed by atoms with Crippen LogP contribution in [0.5, 0.6) is 0 Å². The van der Waals surface area contributed by atoms with Crippen LogP contribution in [0.3, 0.4) is 0 Å². The molecule has 4 aromatic rings. The Kier molecular flexibility index (Phi) is 7.33. The van der Waals surface area contributed by atoms with E-state index in [-0.39, 0.29) is 34.4 Å². The van der Waals surface area contributed by atoms with Gasteiger partial charge in [-0.2, -0.15) is 0 Å². The van der Waals surface area contributed by atoms with Gasteiger partial charge in [0.2, 0.25) is 0 Å². The predicted octanol–water partition coefficient (Wildman–Crippen LogP) is 5.33. The van der Waals surface area contributed by atoms with Gasteiger partial charge in [0.15, 0.2) is 0 Å². The number of aliphatic hydroxyl groups excluding tert-OH is 1. The van der Waals surface area contributed by atoms with E-state index in [1.54, 1.807) is 50.4 Å². The van der Waals surface area contributed by atoms with E-state index in [1.807, 2.05) is 24.3 Å². The van der Waals surface area contributed by atoms with Crippen molar-refractivity contribution in [3.05, 3.63) is 117 Å². The average Bonchev–Trinajstić information content (AvgIpc) is 3.78. The third kappa shape index (κ3) is 5.15. The maximum Gasteiger partial charge on any atom is 0.336 e. The number of aliphatic hydroxyl groups is 1. The molecule has 1 fully saturated rings. The van der Waals surface area contributed by atoms with Gasteiger partial charge < -0.3 is 15.7 Å². The lowest BCUT2D eigenvalue weighted by Crippen LogP contribution is -2.44. The third-order valence-electron chi connectivity index (χ3n) is 6.65. The molecule has 1 aliphatic carbocycles. The minimum atomic E-state index is -0.566. The van der Waals surface area contributed by atoms with Gasteiger partial charge in [0.1, 0.15) is 23.0 Å². The van der Waals surface area contributed by atoms with Gasteiger partial charge in [-0.3, -0.25) is 18.9 Å². The number of hydrogen-bond acceptors (Lipinski definition) is 6. The summed E-state index contributed by atoms with van der Waals surface area (Å²) in [5.41, 5.74) is 1.31. The van der Waals surface area contributed by atoms with Crippen molar-refractivity contribution >= 4 is 28.6 Å². The summed E-state index contributed by atoms with van der Waals surface area (Å²) in [7, 11) is 1.48. The van der Waals surface area contributed by atoms with Gasteiger partial charge in [-0.15, -0.1) is 0 Å². The smallest absolute Gasteiger partial charge is 0.336 e. The molecule has 0 unspecified atom stereocenters. The molecule has 0 saturated heterocycles. The molecule has 1 aliphatic rings. The number of aliphatic imine (C=N–C) groups is 1. The first-order valence-corrected chi connectivity index (χ1v) is 12.8. The molecule has 0 radical (unpaired) electrons. The monoisotopic (exact) mass is 540 g/mol. The standard InChI is InChI=1S/C30H29FN6O3/c1-18-10-13-24(23(31)15-18)35-28(32-3)26-27(19(2)17-38)36(30(40)37(29(26)39)21-11-12-21)22-8-6-7-20(16-22)34-25-9-4-5-14-33-25/h4-10,13-17,21,38H,11-12H2,1-3H3,(H,32,35)(H,33,34)/b19-17+. The summed E-state index contributed by atoms with van der Waals surface area (Å²) >= 11 is 0. The highest BCUT2D eigenvalue weighted by Gasteiger charge is 2.33. The molecule has 40 heavy (non-hydrogen) atoms. The Hall–Kier alpha value is -4.99. The summed E-state index contributed by atoms with van der Waals surface area (Å²) in [5.74, 6) is 0.170. The van der Waals surface area contributed by atoms with Crippen LogP contribution in [-0.2, 0) is 0 Å². The van der Waals surface area contributed by atoms with Crippen molar-refractivity contribution in [2.45, 2.75) is 32.7 Å². The number of anilines is 3. The van der Waals surface area contributed by atoms with Crippen LogP contribution >= 0.6 is 0 Å². The van der Waals surface area contributed by atoms with Gasteiger partial charge in [0.05, 0.1) is 23.3 Å². The Morgan fingerprint density at radius 2 is 1.93 bits per heavy atom. The van der Waals surface area contributed by atoms with Gasteiger partial charge in [0.25, 0.3) is 5.56 Å². The number of benzene rings is 2. The van der Waals surface area contributed by atoms with Gasteiger partial charge in [-0.25, -0.2) is 14.2 Å². The summed E-state index contributed by atoms with van der Waals surface area (Å²) in [5, 5.41) is 16.3. The number of amidine groups is 1. The van der Waals surface area contributed by atoms with Crippen molar-refractivity contribution < 1.29 is 9.50 Å². The van der Waals surface area contributed by atoms with Crippen molar-refractivity contribution in [2.75, 3.05) is 17.7 Å². The number of aromatic nitrogens is 3. The van der Waals surface area contributed by atoms with E-state index in [0.717, 1.165) is 11.8 Å². The topological polar surface area (TPSA) is 114 Å². The van der Waals surface area contributed by atoms with E-state index < -0.39 is 17.1 Å². The second-order valence-electron chi connectivity index (χ2n) is 9.63. The number of halogens is 1. The maximum absolute atomic E-state index is 14.8. The molecule has 0 atom stereocenters. The Morgan fingerprint density at radius 1 is 1.12 bits per heavy atom. The van der Waals surface area contributed by atoms with E-state index in [9.17, 15) is 19.1 Å². The molecule has 2 aromatic heterocycles. The molecule has 204 valence electrons. The van der Waals surface area contributed by atoms with E-state index in [1.165, 1.54) is 22.2 Å². The van der Waals surface area contributed by atoms with Crippen LogP contribution in [0.1, 0.15) is 42.6 Å². The van der Waals surface area contributed by atoms with Crippen LogP contribution in [-0.4, -0.2) is 32.1 Å². The molecular weight excluding hydrogens is 511 g/mol. The molecule has 0 aliphatic heterocycles. The lowest BCUT2D eigenvalue weighted by Gasteiger charge is -2.21. The molecule has 10 heteroatoms. The van der Waals surface area contributed by atoms with Crippen LogP contribution < -0.4 is 21.9 Å². The largest absolute Gasteiger partial charge is 0.515 e. The number of rotatable bonds is 7. The molecule has 5 rings (SSSR count). The van der Waals surface area contributed by atoms with Crippen molar-refractivity contribution in [1.29, 1.82) is 0 Å². The van der Waals surface area contributed by atoms with Crippen LogP contribution in [0.15, 0.2) is 87.7 Å². The van der Waals surface area contributed by atoms with Crippen LogP contribution in [0.4, 0.5) is 21.6 Å². The quantitative estimate of drug-likeness (QED) is 0.166. The number of pyridine rings is 1. The number of nitrogens with one attached hydrogen (secondary N) is 2. The van der Waals surface area contributed by atoms with Gasteiger partial charge in [0, 0.05) is 30.5 Å². The molecule has 9 nitrogen and oxygen atoms in total. The molecule has 0 bridgehead atoms. The lowest BCUT2D eigenvalue weighted by atomic mass is 10.1. The summed E-state index contributed by atoms with van der Waals surface area (Å²) in [6, 6.07) is 17.0. The van der Waals surface area contributed by atoms with Gasteiger partial charge in [-0.05, 0) is 74.7 Å².